The minimum Gasteiger partial charge on any atom is -0.496 e. The zero-order valence-corrected chi connectivity index (χ0v) is 15.5. The number of aromatic nitrogens is 1. The largest absolute Gasteiger partial charge is 0.496 e. The standard InChI is InChI=1S/C21H21FN2O3/c1-4-27-16-7-5-6-14(9-16)12-23-21(25)18-11-19(26-3)17-10-15(22)8-13(2)20(17)24-18/h5-11H,4,12H2,1-3H3,(H,23,25). The third kappa shape index (κ3) is 4.16. The smallest absolute Gasteiger partial charge is 0.270 e. The van der Waals surface area contributed by atoms with E-state index in [9.17, 15) is 9.18 Å². The number of nitrogens with zero attached hydrogens (tertiary/aromatic N) is 1. The summed E-state index contributed by atoms with van der Waals surface area (Å²) in [5.41, 5.74) is 2.32. The van der Waals surface area contributed by atoms with E-state index < -0.39 is 0 Å². The van der Waals surface area contributed by atoms with Gasteiger partial charge in [0.1, 0.15) is 23.0 Å². The van der Waals surface area contributed by atoms with Crippen LogP contribution in [-0.4, -0.2) is 24.6 Å². The Morgan fingerprint density at radius 1 is 1.22 bits per heavy atom. The molecule has 1 aromatic heterocycles. The lowest BCUT2D eigenvalue weighted by atomic mass is 10.1. The maximum Gasteiger partial charge on any atom is 0.270 e. The van der Waals surface area contributed by atoms with Crippen molar-refractivity contribution in [2.45, 2.75) is 20.4 Å². The van der Waals surface area contributed by atoms with Crippen LogP contribution < -0.4 is 14.8 Å². The number of aryl methyl sites for hydroxylation is 1. The normalized spacial score (nSPS) is 10.7. The first-order valence-corrected chi connectivity index (χ1v) is 8.66. The monoisotopic (exact) mass is 368 g/mol. The number of hydrogen-bond donors (Lipinski definition) is 1. The van der Waals surface area contributed by atoms with E-state index in [0.29, 0.717) is 35.4 Å². The number of rotatable bonds is 6. The molecule has 5 nitrogen and oxygen atoms in total. The van der Waals surface area contributed by atoms with Crippen LogP contribution in [0.3, 0.4) is 0 Å². The summed E-state index contributed by atoms with van der Waals surface area (Å²) in [4.78, 5) is 17.0. The van der Waals surface area contributed by atoms with Crippen LogP contribution >= 0.6 is 0 Å². The molecule has 0 unspecified atom stereocenters. The van der Waals surface area contributed by atoms with Gasteiger partial charge in [-0.15, -0.1) is 0 Å². The molecule has 1 amide bonds. The van der Waals surface area contributed by atoms with E-state index in [1.807, 2.05) is 31.2 Å². The third-order valence-electron chi connectivity index (χ3n) is 4.15. The molecule has 0 radical (unpaired) electrons. The summed E-state index contributed by atoms with van der Waals surface area (Å²) in [6.45, 7) is 4.58. The van der Waals surface area contributed by atoms with Gasteiger partial charge in [-0.3, -0.25) is 4.79 Å². The topological polar surface area (TPSA) is 60.5 Å². The van der Waals surface area contributed by atoms with Crippen LogP contribution in [0.5, 0.6) is 11.5 Å². The molecule has 0 bridgehead atoms. The molecule has 0 spiro atoms. The van der Waals surface area contributed by atoms with E-state index in [0.717, 1.165) is 11.3 Å². The van der Waals surface area contributed by atoms with Crippen molar-refractivity contribution in [3.05, 3.63) is 65.1 Å². The second-order valence-electron chi connectivity index (χ2n) is 6.09. The SMILES string of the molecule is CCOc1cccc(CNC(=O)c2cc(OC)c3cc(F)cc(C)c3n2)c1. The lowest BCUT2D eigenvalue weighted by molar-refractivity contribution is 0.0946. The highest BCUT2D eigenvalue weighted by Gasteiger charge is 2.15. The molecule has 0 saturated heterocycles. The second kappa shape index (κ2) is 8.03. The lowest BCUT2D eigenvalue weighted by Crippen LogP contribution is -2.24. The molecule has 1 N–H and O–H groups in total. The minimum absolute atomic E-state index is 0.218. The van der Waals surface area contributed by atoms with Crippen molar-refractivity contribution >= 4 is 16.8 Å². The molecule has 6 heteroatoms. The summed E-state index contributed by atoms with van der Waals surface area (Å²) in [7, 11) is 1.48. The number of amides is 1. The van der Waals surface area contributed by atoms with E-state index >= 15 is 0 Å². The van der Waals surface area contributed by atoms with Gasteiger partial charge in [-0.2, -0.15) is 0 Å². The Hall–Kier alpha value is -3.15. The highest BCUT2D eigenvalue weighted by atomic mass is 19.1. The molecule has 27 heavy (non-hydrogen) atoms. The summed E-state index contributed by atoms with van der Waals surface area (Å²) < 4.78 is 24.5. The van der Waals surface area contributed by atoms with Crippen LogP contribution in [0, 0.1) is 12.7 Å². The molecule has 0 saturated carbocycles. The average Bonchev–Trinajstić information content (AvgIpc) is 2.66. The number of halogens is 1. The minimum atomic E-state index is -0.369. The molecule has 2 aromatic carbocycles. The molecule has 0 fully saturated rings. The molecular weight excluding hydrogens is 347 g/mol. The van der Waals surface area contributed by atoms with E-state index in [1.54, 1.807) is 6.92 Å². The predicted octanol–water partition coefficient (Wildman–Crippen LogP) is 4.02. The summed E-state index contributed by atoms with van der Waals surface area (Å²) >= 11 is 0. The van der Waals surface area contributed by atoms with Crippen LogP contribution in [0.2, 0.25) is 0 Å². The Bertz CT molecular complexity index is 989. The Morgan fingerprint density at radius 2 is 2.04 bits per heavy atom. The fourth-order valence-electron chi connectivity index (χ4n) is 2.90. The highest BCUT2D eigenvalue weighted by Crippen LogP contribution is 2.28. The molecular formula is C21H21FN2O3. The van der Waals surface area contributed by atoms with Crippen molar-refractivity contribution in [3.8, 4) is 11.5 Å². The first-order valence-electron chi connectivity index (χ1n) is 8.66. The van der Waals surface area contributed by atoms with Gasteiger partial charge in [0.05, 0.1) is 19.2 Å². The van der Waals surface area contributed by atoms with E-state index in [2.05, 4.69) is 10.3 Å². The predicted molar refractivity (Wildman–Crippen MR) is 102 cm³/mol. The second-order valence-corrected chi connectivity index (χ2v) is 6.09. The number of benzene rings is 2. The van der Waals surface area contributed by atoms with Crippen LogP contribution in [0.25, 0.3) is 10.9 Å². The summed E-state index contributed by atoms with van der Waals surface area (Å²) in [5, 5.41) is 3.38. The van der Waals surface area contributed by atoms with E-state index in [-0.39, 0.29) is 17.4 Å². The average molecular weight is 368 g/mol. The Balaban J connectivity index is 1.84. The van der Waals surface area contributed by atoms with Gasteiger partial charge in [0.2, 0.25) is 0 Å². The number of carbonyl (C=O) groups is 1. The van der Waals surface area contributed by atoms with Crippen molar-refractivity contribution in [3.63, 3.8) is 0 Å². The van der Waals surface area contributed by atoms with Crippen molar-refractivity contribution in [1.82, 2.24) is 10.3 Å². The molecule has 0 aliphatic rings. The van der Waals surface area contributed by atoms with Crippen molar-refractivity contribution in [2.24, 2.45) is 0 Å². The van der Waals surface area contributed by atoms with E-state index in [1.165, 1.54) is 25.3 Å². The number of fused-ring (bicyclic) bond motifs is 1. The van der Waals surface area contributed by atoms with Gasteiger partial charge in [0.15, 0.2) is 0 Å². The third-order valence-corrected chi connectivity index (χ3v) is 4.15. The molecule has 0 aliphatic carbocycles. The molecule has 0 aliphatic heterocycles. The van der Waals surface area contributed by atoms with Crippen LogP contribution in [0.1, 0.15) is 28.5 Å². The quantitative estimate of drug-likeness (QED) is 0.714. The lowest BCUT2D eigenvalue weighted by Gasteiger charge is -2.11. The van der Waals surface area contributed by atoms with Crippen LogP contribution in [0.4, 0.5) is 4.39 Å². The Labute approximate surface area is 157 Å². The van der Waals surface area contributed by atoms with Gasteiger partial charge < -0.3 is 14.8 Å². The maximum absolute atomic E-state index is 13.7. The number of ether oxygens (including phenoxy) is 2. The van der Waals surface area contributed by atoms with Crippen molar-refractivity contribution < 1.29 is 18.7 Å². The zero-order chi connectivity index (χ0) is 19.4. The van der Waals surface area contributed by atoms with Gasteiger partial charge in [-0.25, -0.2) is 9.37 Å². The summed E-state index contributed by atoms with van der Waals surface area (Å²) in [5.74, 6) is 0.464. The first kappa shape index (κ1) is 18.6. The molecule has 0 atom stereocenters. The van der Waals surface area contributed by atoms with Crippen molar-refractivity contribution in [2.75, 3.05) is 13.7 Å². The van der Waals surface area contributed by atoms with Crippen LogP contribution in [-0.2, 0) is 6.54 Å². The van der Waals surface area contributed by atoms with Gasteiger partial charge in [-0.05, 0) is 49.2 Å². The Morgan fingerprint density at radius 3 is 2.78 bits per heavy atom. The summed E-state index contributed by atoms with van der Waals surface area (Å²) in [6, 6.07) is 11.8. The fraction of sp³-hybridized carbons (Fsp3) is 0.238. The number of carbonyl (C=O) groups excluding carboxylic acids is 1. The van der Waals surface area contributed by atoms with Gasteiger partial charge in [0, 0.05) is 18.0 Å². The molecule has 3 rings (SSSR count). The molecule has 140 valence electrons. The first-order chi connectivity index (χ1) is 13.0. The van der Waals surface area contributed by atoms with Crippen molar-refractivity contribution in [1.29, 1.82) is 0 Å². The Kier molecular flexibility index (Phi) is 5.54. The maximum atomic E-state index is 13.7. The molecule has 1 heterocycles. The number of methoxy groups -OCH3 is 1. The van der Waals surface area contributed by atoms with E-state index in [4.69, 9.17) is 9.47 Å². The number of hydrogen-bond acceptors (Lipinski definition) is 4. The van der Waals surface area contributed by atoms with Gasteiger partial charge in [0.25, 0.3) is 5.91 Å². The summed E-state index contributed by atoms with van der Waals surface area (Å²) in [6.07, 6.45) is 0. The zero-order valence-electron chi connectivity index (χ0n) is 15.5. The fourth-order valence-corrected chi connectivity index (χ4v) is 2.90. The number of pyridine rings is 1. The van der Waals surface area contributed by atoms with Gasteiger partial charge in [-0.1, -0.05) is 12.1 Å². The van der Waals surface area contributed by atoms with Gasteiger partial charge >= 0.3 is 0 Å². The molecule has 3 aromatic rings. The number of nitrogens with one attached hydrogen (secondary N) is 1. The highest BCUT2D eigenvalue weighted by molar-refractivity contribution is 5.97. The van der Waals surface area contributed by atoms with Crippen LogP contribution in [0.15, 0.2) is 42.5 Å².